The zero-order valence-corrected chi connectivity index (χ0v) is 10.9. The van der Waals surface area contributed by atoms with Gasteiger partial charge in [-0.3, -0.25) is 4.99 Å². The van der Waals surface area contributed by atoms with E-state index in [1.165, 1.54) is 0 Å². The van der Waals surface area contributed by atoms with Crippen LogP contribution in [0.2, 0.25) is 5.02 Å². The average Bonchev–Trinajstić information content (AvgIpc) is 2.39. The summed E-state index contributed by atoms with van der Waals surface area (Å²) in [4.78, 5) is 4.54. The highest BCUT2D eigenvalue weighted by Crippen LogP contribution is 2.14. The van der Waals surface area contributed by atoms with Crippen LogP contribution in [0, 0.1) is 0 Å². The minimum absolute atomic E-state index is 0.726. The van der Waals surface area contributed by atoms with Gasteiger partial charge in [-0.1, -0.05) is 23.7 Å². The molecule has 1 aromatic heterocycles. The van der Waals surface area contributed by atoms with Crippen LogP contribution in [-0.2, 0) is 6.42 Å². The number of hydrogen-bond acceptors (Lipinski definition) is 3. The molecule has 2 rings (SSSR count). The molecule has 0 fully saturated rings. The molecule has 2 aromatic rings. The Labute approximate surface area is 112 Å². The molecule has 4 heteroatoms. The third-order valence-electron chi connectivity index (χ3n) is 2.52. The minimum Gasteiger partial charge on any atom is -0.289 e. The number of nitrogens with zero attached hydrogens (tertiary/aromatic N) is 3. The zero-order valence-electron chi connectivity index (χ0n) is 10.2. The van der Waals surface area contributed by atoms with Gasteiger partial charge in [0.2, 0.25) is 0 Å². The summed E-state index contributed by atoms with van der Waals surface area (Å²) in [6.45, 7) is 2.77. The molecule has 0 saturated heterocycles. The van der Waals surface area contributed by atoms with Gasteiger partial charge in [0.1, 0.15) is 0 Å². The summed E-state index contributed by atoms with van der Waals surface area (Å²) in [6, 6.07) is 9.71. The molecule has 0 aliphatic rings. The molecule has 0 spiro atoms. The average molecular weight is 260 g/mol. The number of hydrogen-bond donors (Lipinski definition) is 0. The fraction of sp³-hybridized carbons (Fsp3) is 0.214. The van der Waals surface area contributed by atoms with Crippen LogP contribution in [0.25, 0.3) is 0 Å². The number of rotatable bonds is 4. The fourth-order valence-electron chi connectivity index (χ4n) is 1.72. The van der Waals surface area contributed by atoms with E-state index in [9.17, 15) is 0 Å². The summed E-state index contributed by atoms with van der Waals surface area (Å²) >= 11 is 6.01. The van der Waals surface area contributed by atoms with Crippen LogP contribution in [0.1, 0.15) is 18.1 Å². The lowest BCUT2D eigenvalue weighted by atomic mass is 10.0. The Balaban J connectivity index is 2.27. The van der Waals surface area contributed by atoms with Crippen molar-refractivity contribution in [3.8, 4) is 0 Å². The summed E-state index contributed by atoms with van der Waals surface area (Å²) < 4.78 is 0. The molecule has 0 radical (unpaired) electrons. The van der Waals surface area contributed by atoms with Crippen LogP contribution in [0.3, 0.4) is 0 Å². The normalized spacial score (nSPS) is 11.6. The van der Waals surface area contributed by atoms with E-state index in [2.05, 4.69) is 15.2 Å². The summed E-state index contributed by atoms with van der Waals surface area (Å²) in [5, 5.41) is 8.38. The molecule has 0 aliphatic carbocycles. The molecule has 1 aromatic carbocycles. The van der Waals surface area contributed by atoms with Gasteiger partial charge >= 0.3 is 0 Å². The predicted molar refractivity (Wildman–Crippen MR) is 74.3 cm³/mol. The second-order valence-corrected chi connectivity index (χ2v) is 4.30. The molecule has 0 saturated carbocycles. The molecule has 0 aliphatic heterocycles. The monoisotopic (exact) mass is 259 g/mol. The highest BCUT2D eigenvalue weighted by atomic mass is 35.5. The number of aliphatic imine (C=N–C) groups is 1. The van der Waals surface area contributed by atoms with Crippen molar-refractivity contribution >= 4 is 17.3 Å². The Bertz CT molecular complexity index is 538. The van der Waals surface area contributed by atoms with E-state index in [1.54, 1.807) is 12.4 Å². The molecule has 92 valence electrons. The number of aromatic nitrogens is 2. The SMILES string of the molecule is CCN=C(Cc1ccnnc1)c1cccc(Cl)c1. The van der Waals surface area contributed by atoms with Crippen molar-refractivity contribution in [3.63, 3.8) is 0 Å². The van der Waals surface area contributed by atoms with E-state index in [4.69, 9.17) is 11.6 Å². The second kappa shape index (κ2) is 6.26. The Morgan fingerprint density at radius 1 is 1.28 bits per heavy atom. The molecule has 0 unspecified atom stereocenters. The van der Waals surface area contributed by atoms with Gasteiger partial charge < -0.3 is 0 Å². The molecular weight excluding hydrogens is 246 g/mol. The van der Waals surface area contributed by atoms with Gasteiger partial charge in [0, 0.05) is 29.9 Å². The maximum absolute atomic E-state index is 6.01. The number of halogens is 1. The highest BCUT2D eigenvalue weighted by molar-refractivity contribution is 6.31. The van der Waals surface area contributed by atoms with E-state index in [0.29, 0.717) is 0 Å². The Hall–Kier alpha value is -1.74. The van der Waals surface area contributed by atoms with Crippen LogP contribution in [0.15, 0.2) is 47.7 Å². The van der Waals surface area contributed by atoms with Gasteiger partial charge in [-0.15, -0.1) is 0 Å². The largest absolute Gasteiger partial charge is 0.289 e. The van der Waals surface area contributed by atoms with E-state index in [0.717, 1.165) is 34.8 Å². The second-order valence-electron chi connectivity index (χ2n) is 3.86. The van der Waals surface area contributed by atoms with Crippen molar-refractivity contribution < 1.29 is 0 Å². The summed E-state index contributed by atoms with van der Waals surface area (Å²) in [7, 11) is 0. The van der Waals surface area contributed by atoms with Gasteiger partial charge in [0.15, 0.2) is 0 Å². The topological polar surface area (TPSA) is 38.1 Å². The summed E-state index contributed by atoms with van der Waals surface area (Å²) in [5.41, 5.74) is 3.17. The first-order valence-electron chi connectivity index (χ1n) is 5.84. The van der Waals surface area contributed by atoms with Crippen molar-refractivity contribution in [2.75, 3.05) is 6.54 Å². The van der Waals surface area contributed by atoms with E-state index >= 15 is 0 Å². The molecule has 0 bridgehead atoms. The smallest absolute Gasteiger partial charge is 0.0532 e. The zero-order chi connectivity index (χ0) is 12.8. The molecule has 0 N–H and O–H groups in total. The molecule has 1 heterocycles. The Kier molecular flexibility index (Phi) is 4.42. The van der Waals surface area contributed by atoms with E-state index < -0.39 is 0 Å². The van der Waals surface area contributed by atoms with Crippen molar-refractivity contribution in [3.05, 3.63) is 58.9 Å². The first-order valence-corrected chi connectivity index (χ1v) is 6.22. The Morgan fingerprint density at radius 2 is 2.17 bits per heavy atom. The van der Waals surface area contributed by atoms with Crippen molar-refractivity contribution in [2.45, 2.75) is 13.3 Å². The maximum atomic E-state index is 6.01. The van der Waals surface area contributed by atoms with Gasteiger partial charge in [-0.25, -0.2) is 0 Å². The van der Waals surface area contributed by atoms with Gasteiger partial charge in [-0.05, 0) is 36.2 Å². The first-order chi connectivity index (χ1) is 8.79. The van der Waals surface area contributed by atoms with E-state index in [-0.39, 0.29) is 0 Å². The van der Waals surface area contributed by atoms with Crippen molar-refractivity contribution in [1.82, 2.24) is 10.2 Å². The molecule has 3 nitrogen and oxygen atoms in total. The lowest BCUT2D eigenvalue weighted by Crippen LogP contribution is -2.06. The molecule has 0 atom stereocenters. The van der Waals surface area contributed by atoms with Crippen LogP contribution in [-0.4, -0.2) is 22.5 Å². The lowest BCUT2D eigenvalue weighted by Gasteiger charge is -2.07. The fourth-order valence-corrected chi connectivity index (χ4v) is 1.91. The third kappa shape index (κ3) is 3.37. The van der Waals surface area contributed by atoms with E-state index in [1.807, 2.05) is 37.3 Å². The summed E-state index contributed by atoms with van der Waals surface area (Å²) in [5.74, 6) is 0. The van der Waals surface area contributed by atoms with Crippen LogP contribution in [0.5, 0.6) is 0 Å². The predicted octanol–water partition coefficient (Wildman–Crippen LogP) is 3.18. The third-order valence-corrected chi connectivity index (χ3v) is 2.76. The lowest BCUT2D eigenvalue weighted by molar-refractivity contribution is 1.00. The van der Waals surface area contributed by atoms with Gasteiger partial charge in [0.05, 0.1) is 6.20 Å². The molecular formula is C14H14ClN3. The maximum Gasteiger partial charge on any atom is 0.0532 e. The molecule has 18 heavy (non-hydrogen) atoms. The van der Waals surface area contributed by atoms with Crippen molar-refractivity contribution in [2.24, 2.45) is 4.99 Å². The highest BCUT2D eigenvalue weighted by Gasteiger charge is 2.05. The quantitative estimate of drug-likeness (QED) is 0.791. The van der Waals surface area contributed by atoms with Crippen LogP contribution in [0.4, 0.5) is 0 Å². The van der Waals surface area contributed by atoms with Gasteiger partial charge in [0.25, 0.3) is 0 Å². The minimum atomic E-state index is 0.726. The molecule has 0 amide bonds. The van der Waals surface area contributed by atoms with Crippen LogP contribution < -0.4 is 0 Å². The number of benzene rings is 1. The Morgan fingerprint density at radius 3 is 2.83 bits per heavy atom. The van der Waals surface area contributed by atoms with Crippen molar-refractivity contribution in [1.29, 1.82) is 0 Å². The van der Waals surface area contributed by atoms with Gasteiger partial charge in [-0.2, -0.15) is 10.2 Å². The summed E-state index contributed by atoms with van der Waals surface area (Å²) in [6.07, 6.45) is 4.19. The van der Waals surface area contributed by atoms with Crippen LogP contribution >= 0.6 is 11.6 Å². The first kappa shape index (κ1) is 12.7. The standard InChI is InChI=1S/C14H14ClN3/c1-2-16-14(8-11-6-7-17-18-10-11)12-4-3-5-13(15)9-12/h3-7,9-10H,2,8H2,1H3.